The number of hydrogen-bond donors (Lipinski definition) is 1. The number of nitrogens with two attached hydrogens (primary N) is 1. The smallest absolute Gasteiger partial charge is 0.277 e. The van der Waals surface area contributed by atoms with E-state index >= 15 is 0 Å². The maximum absolute atomic E-state index is 13.4. The van der Waals surface area contributed by atoms with Crippen LogP contribution in [-0.4, -0.2) is 15.0 Å². The monoisotopic (exact) mass is 284 g/mol. The molecule has 0 saturated carbocycles. The van der Waals surface area contributed by atoms with Crippen LogP contribution < -0.4 is 11.3 Å². The van der Waals surface area contributed by atoms with Crippen molar-refractivity contribution >= 4 is 10.9 Å². The molecule has 0 saturated heterocycles. The van der Waals surface area contributed by atoms with Crippen molar-refractivity contribution in [3.63, 3.8) is 0 Å². The second kappa shape index (κ2) is 5.41. The first-order valence-corrected chi connectivity index (χ1v) is 6.49. The number of benzene rings is 2. The standard InChI is InChI=1S/C15H13FN4O/c16-13-6-5-10(7-11(13)8-17)9-20-15(21)12-3-1-2-4-14(12)18-19-20/h1-7H,8-9,17H2. The van der Waals surface area contributed by atoms with Crippen LogP contribution in [0.1, 0.15) is 11.1 Å². The van der Waals surface area contributed by atoms with Crippen molar-refractivity contribution in [1.82, 2.24) is 15.0 Å². The molecule has 6 heteroatoms. The van der Waals surface area contributed by atoms with Crippen LogP contribution in [0.25, 0.3) is 10.9 Å². The first-order chi connectivity index (χ1) is 10.2. The summed E-state index contributed by atoms with van der Waals surface area (Å²) in [4.78, 5) is 12.3. The van der Waals surface area contributed by atoms with Gasteiger partial charge in [-0.25, -0.2) is 9.07 Å². The van der Waals surface area contributed by atoms with E-state index in [0.29, 0.717) is 16.5 Å². The topological polar surface area (TPSA) is 73.8 Å². The Hall–Kier alpha value is -2.60. The first-order valence-electron chi connectivity index (χ1n) is 6.49. The Morgan fingerprint density at radius 2 is 2.00 bits per heavy atom. The third-order valence-electron chi connectivity index (χ3n) is 3.29. The Balaban J connectivity index is 2.02. The Kier molecular flexibility index (Phi) is 3.45. The number of fused-ring (bicyclic) bond motifs is 1. The molecule has 0 fully saturated rings. The number of aromatic nitrogens is 3. The highest BCUT2D eigenvalue weighted by Gasteiger charge is 2.07. The van der Waals surface area contributed by atoms with Gasteiger partial charge in [0, 0.05) is 12.1 Å². The Labute approximate surface area is 119 Å². The summed E-state index contributed by atoms with van der Waals surface area (Å²) in [6, 6.07) is 11.6. The van der Waals surface area contributed by atoms with E-state index in [-0.39, 0.29) is 24.5 Å². The van der Waals surface area contributed by atoms with Crippen LogP contribution in [0.4, 0.5) is 4.39 Å². The van der Waals surface area contributed by atoms with Crippen molar-refractivity contribution in [3.8, 4) is 0 Å². The zero-order valence-electron chi connectivity index (χ0n) is 11.2. The maximum atomic E-state index is 13.4. The van der Waals surface area contributed by atoms with Gasteiger partial charge in [-0.1, -0.05) is 23.4 Å². The van der Waals surface area contributed by atoms with Crippen molar-refractivity contribution in [2.75, 3.05) is 0 Å². The van der Waals surface area contributed by atoms with Crippen LogP contribution >= 0.6 is 0 Å². The molecule has 0 atom stereocenters. The lowest BCUT2D eigenvalue weighted by Gasteiger charge is -2.07. The quantitative estimate of drug-likeness (QED) is 0.789. The molecule has 1 heterocycles. The Morgan fingerprint density at radius 3 is 2.81 bits per heavy atom. The molecule has 2 N–H and O–H groups in total. The van der Waals surface area contributed by atoms with Gasteiger partial charge in [-0.2, -0.15) is 0 Å². The van der Waals surface area contributed by atoms with Crippen LogP contribution in [-0.2, 0) is 13.1 Å². The zero-order valence-corrected chi connectivity index (χ0v) is 11.2. The molecule has 0 bridgehead atoms. The normalized spacial score (nSPS) is 11.0. The maximum Gasteiger partial charge on any atom is 0.277 e. The highest BCUT2D eigenvalue weighted by atomic mass is 19.1. The molecule has 0 radical (unpaired) electrons. The fraction of sp³-hybridized carbons (Fsp3) is 0.133. The molecule has 2 aromatic carbocycles. The van der Waals surface area contributed by atoms with Gasteiger partial charge in [0.1, 0.15) is 11.3 Å². The summed E-state index contributed by atoms with van der Waals surface area (Å²) in [7, 11) is 0. The number of halogens is 1. The SMILES string of the molecule is NCc1cc(Cn2nnc3ccccc3c2=O)ccc1F. The van der Waals surface area contributed by atoms with E-state index in [4.69, 9.17) is 5.73 Å². The lowest BCUT2D eigenvalue weighted by Crippen LogP contribution is -2.24. The average molecular weight is 284 g/mol. The summed E-state index contributed by atoms with van der Waals surface area (Å²) in [5.74, 6) is -0.349. The van der Waals surface area contributed by atoms with Gasteiger partial charge in [-0.3, -0.25) is 4.79 Å². The van der Waals surface area contributed by atoms with Gasteiger partial charge in [-0.15, -0.1) is 5.10 Å². The van der Waals surface area contributed by atoms with E-state index in [1.165, 1.54) is 10.7 Å². The van der Waals surface area contributed by atoms with Gasteiger partial charge < -0.3 is 5.73 Å². The highest BCUT2D eigenvalue weighted by molar-refractivity contribution is 5.76. The number of rotatable bonds is 3. The number of nitrogens with zero attached hydrogens (tertiary/aromatic N) is 3. The summed E-state index contributed by atoms with van der Waals surface area (Å²) in [5.41, 5.74) is 6.98. The molecule has 0 aliphatic rings. The van der Waals surface area contributed by atoms with E-state index in [2.05, 4.69) is 10.3 Å². The van der Waals surface area contributed by atoms with Crippen molar-refractivity contribution < 1.29 is 4.39 Å². The molecular weight excluding hydrogens is 271 g/mol. The second-order valence-electron chi connectivity index (χ2n) is 4.70. The van der Waals surface area contributed by atoms with Gasteiger partial charge in [0.2, 0.25) is 0 Å². The average Bonchev–Trinajstić information content (AvgIpc) is 2.52. The van der Waals surface area contributed by atoms with Crippen LogP contribution in [0.2, 0.25) is 0 Å². The van der Waals surface area contributed by atoms with Crippen molar-refractivity contribution in [3.05, 3.63) is 69.8 Å². The van der Waals surface area contributed by atoms with E-state index < -0.39 is 0 Å². The molecule has 0 aliphatic carbocycles. The first kappa shape index (κ1) is 13.4. The van der Waals surface area contributed by atoms with Gasteiger partial charge in [0.25, 0.3) is 5.56 Å². The van der Waals surface area contributed by atoms with Gasteiger partial charge in [0.05, 0.1) is 11.9 Å². The number of hydrogen-bond acceptors (Lipinski definition) is 4. The van der Waals surface area contributed by atoms with Crippen LogP contribution in [0.3, 0.4) is 0 Å². The fourth-order valence-electron chi connectivity index (χ4n) is 2.18. The summed E-state index contributed by atoms with van der Waals surface area (Å²) in [5, 5.41) is 8.43. The zero-order chi connectivity index (χ0) is 14.8. The molecule has 0 aliphatic heterocycles. The van der Waals surface area contributed by atoms with Crippen molar-refractivity contribution in [2.24, 2.45) is 5.73 Å². The predicted molar refractivity (Wildman–Crippen MR) is 77.2 cm³/mol. The minimum atomic E-state index is -0.349. The summed E-state index contributed by atoms with van der Waals surface area (Å²) < 4.78 is 14.7. The van der Waals surface area contributed by atoms with Crippen LogP contribution in [0.5, 0.6) is 0 Å². The van der Waals surface area contributed by atoms with E-state index in [1.54, 1.807) is 36.4 Å². The third kappa shape index (κ3) is 2.53. The van der Waals surface area contributed by atoms with Crippen LogP contribution in [0.15, 0.2) is 47.3 Å². The van der Waals surface area contributed by atoms with E-state index in [1.807, 2.05) is 0 Å². The van der Waals surface area contributed by atoms with Gasteiger partial charge in [-0.05, 0) is 29.8 Å². The lowest BCUT2D eigenvalue weighted by molar-refractivity contribution is 0.590. The van der Waals surface area contributed by atoms with E-state index in [9.17, 15) is 9.18 Å². The molecular formula is C15H13FN4O. The summed E-state index contributed by atoms with van der Waals surface area (Å²) in [6.45, 7) is 0.335. The Bertz CT molecular complexity index is 860. The summed E-state index contributed by atoms with van der Waals surface area (Å²) in [6.07, 6.45) is 0. The molecule has 5 nitrogen and oxygen atoms in total. The summed E-state index contributed by atoms with van der Waals surface area (Å²) >= 11 is 0. The minimum Gasteiger partial charge on any atom is -0.326 e. The molecule has 0 unspecified atom stereocenters. The largest absolute Gasteiger partial charge is 0.326 e. The molecule has 3 rings (SSSR count). The molecule has 0 amide bonds. The van der Waals surface area contributed by atoms with Crippen molar-refractivity contribution in [2.45, 2.75) is 13.1 Å². The molecule has 1 aromatic heterocycles. The molecule has 21 heavy (non-hydrogen) atoms. The molecule has 0 spiro atoms. The van der Waals surface area contributed by atoms with Gasteiger partial charge in [0.15, 0.2) is 0 Å². The van der Waals surface area contributed by atoms with Crippen LogP contribution in [0, 0.1) is 5.82 Å². The third-order valence-corrected chi connectivity index (χ3v) is 3.29. The highest BCUT2D eigenvalue weighted by Crippen LogP contribution is 2.11. The molecule has 106 valence electrons. The van der Waals surface area contributed by atoms with Gasteiger partial charge >= 0.3 is 0 Å². The minimum absolute atomic E-state index is 0.109. The fourth-order valence-corrected chi connectivity index (χ4v) is 2.18. The van der Waals surface area contributed by atoms with Crippen molar-refractivity contribution in [1.29, 1.82) is 0 Å². The Morgan fingerprint density at radius 1 is 1.19 bits per heavy atom. The molecule has 3 aromatic rings. The predicted octanol–water partition coefficient (Wildman–Crippen LogP) is 1.44. The second-order valence-corrected chi connectivity index (χ2v) is 4.70. The van der Waals surface area contributed by atoms with E-state index in [0.717, 1.165) is 5.56 Å². The lowest BCUT2D eigenvalue weighted by atomic mass is 10.1.